The van der Waals surface area contributed by atoms with Crippen LogP contribution in [0.2, 0.25) is 0 Å². The summed E-state index contributed by atoms with van der Waals surface area (Å²) >= 11 is 0. The second kappa shape index (κ2) is 10.7. The lowest BCUT2D eigenvalue weighted by molar-refractivity contribution is 0.0353. The van der Waals surface area contributed by atoms with Gasteiger partial charge in [0.1, 0.15) is 16.9 Å². The Kier molecular flexibility index (Phi) is 7.45. The van der Waals surface area contributed by atoms with Crippen LogP contribution in [-0.4, -0.2) is 47.7 Å². The molecular formula is C29H33FN4O4S. The van der Waals surface area contributed by atoms with Gasteiger partial charge in [0, 0.05) is 43.1 Å². The SMILES string of the molecule is C=C[C@H]1CC[C@H](c2ccccc2)S(=O)(=O)N1Cc1ccc(C2(C(=O)n3nc(N)cc3C)CCOCC2)cc1F. The number of carbonyl (C=O) groups is 1. The molecule has 0 unspecified atom stereocenters. The zero-order valence-corrected chi connectivity index (χ0v) is 22.7. The van der Waals surface area contributed by atoms with Crippen molar-refractivity contribution in [3.05, 3.63) is 95.5 Å². The molecule has 2 fully saturated rings. The number of aryl methyl sites for hydroxylation is 1. The molecule has 0 saturated carbocycles. The van der Waals surface area contributed by atoms with Gasteiger partial charge in [0.25, 0.3) is 5.91 Å². The van der Waals surface area contributed by atoms with E-state index in [1.54, 1.807) is 31.2 Å². The fourth-order valence-corrected chi connectivity index (χ4v) is 7.96. The molecule has 0 radical (unpaired) electrons. The normalized spacial score (nSPS) is 22.8. The maximum atomic E-state index is 15.8. The molecular weight excluding hydrogens is 519 g/mol. The quantitative estimate of drug-likeness (QED) is 0.451. The van der Waals surface area contributed by atoms with Gasteiger partial charge in [-0.3, -0.25) is 4.79 Å². The van der Waals surface area contributed by atoms with Crippen LogP contribution in [0.25, 0.3) is 0 Å². The number of sulfonamides is 1. The van der Waals surface area contributed by atoms with E-state index in [2.05, 4.69) is 11.7 Å². The molecule has 2 atom stereocenters. The van der Waals surface area contributed by atoms with Gasteiger partial charge in [-0.25, -0.2) is 17.5 Å². The van der Waals surface area contributed by atoms with Crippen LogP contribution in [0.1, 0.15) is 58.1 Å². The van der Waals surface area contributed by atoms with E-state index in [-0.39, 0.29) is 23.8 Å². The third kappa shape index (κ3) is 4.92. The van der Waals surface area contributed by atoms with Gasteiger partial charge < -0.3 is 10.5 Å². The Hall–Kier alpha value is -3.34. The number of carbonyl (C=O) groups excluding carboxylic acids is 1. The van der Waals surface area contributed by atoms with Gasteiger partial charge in [-0.2, -0.15) is 4.31 Å². The summed E-state index contributed by atoms with van der Waals surface area (Å²) in [6, 6.07) is 14.9. The fraction of sp³-hybridized carbons (Fsp3) is 0.379. The second-order valence-corrected chi connectivity index (χ2v) is 12.4. The van der Waals surface area contributed by atoms with Crippen molar-refractivity contribution in [1.29, 1.82) is 0 Å². The Morgan fingerprint density at radius 1 is 1.18 bits per heavy atom. The van der Waals surface area contributed by atoms with Gasteiger partial charge >= 0.3 is 0 Å². The van der Waals surface area contributed by atoms with E-state index in [9.17, 15) is 13.2 Å². The lowest BCUT2D eigenvalue weighted by Gasteiger charge is -2.38. The van der Waals surface area contributed by atoms with E-state index in [0.29, 0.717) is 50.2 Å². The minimum atomic E-state index is -3.79. The van der Waals surface area contributed by atoms with Crippen molar-refractivity contribution in [3.63, 3.8) is 0 Å². The molecule has 8 nitrogen and oxygen atoms in total. The summed E-state index contributed by atoms with van der Waals surface area (Å²) in [5, 5.41) is 3.46. The van der Waals surface area contributed by atoms with Gasteiger partial charge in [0.05, 0.1) is 5.41 Å². The lowest BCUT2D eigenvalue weighted by atomic mass is 9.73. The molecule has 2 aromatic carbocycles. The Balaban J connectivity index is 1.48. The van der Waals surface area contributed by atoms with E-state index in [0.717, 1.165) is 5.56 Å². The molecule has 0 amide bonds. The highest BCUT2D eigenvalue weighted by atomic mass is 32.2. The van der Waals surface area contributed by atoms with Crippen molar-refractivity contribution in [1.82, 2.24) is 14.1 Å². The first-order valence-electron chi connectivity index (χ1n) is 13.1. The number of hydrogen-bond donors (Lipinski definition) is 1. The molecule has 2 aliphatic rings. The lowest BCUT2D eigenvalue weighted by Crippen LogP contribution is -2.46. The largest absolute Gasteiger partial charge is 0.382 e. The molecule has 0 aliphatic carbocycles. The Bertz CT molecular complexity index is 1480. The second-order valence-electron chi connectivity index (χ2n) is 10.3. The van der Waals surface area contributed by atoms with Gasteiger partial charge in [-0.15, -0.1) is 11.7 Å². The van der Waals surface area contributed by atoms with E-state index in [1.165, 1.54) is 15.1 Å². The smallest absolute Gasteiger partial charge is 0.257 e. The van der Waals surface area contributed by atoms with Crippen molar-refractivity contribution in [2.75, 3.05) is 18.9 Å². The maximum absolute atomic E-state index is 15.8. The monoisotopic (exact) mass is 552 g/mol. The van der Waals surface area contributed by atoms with Crippen LogP contribution in [0, 0.1) is 12.7 Å². The van der Waals surface area contributed by atoms with E-state index >= 15 is 4.39 Å². The van der Waals surface area contributed by atoms with Crippen LogP contribution in [-0.2, 0) is 26.7 Å². The van der Waals surface area contributed by atoms with Crippen LogP contribution in [0.5, 0.6) is 0 Å². The first kappa shape index (κ1) is 27.2. The van der Waals surface area contributed by atoms with E-state index in [1.807, 2.05) is 30.3 Å². The Morgan fingerprint density at radius 2 is 1.90 bits per heavy atom. The van der Waals surface area contributed by atoms with E-state index < -0.39 is 32.5 Å². The van der Waals surface area contributed by atoms with Crippen molar-refractivity contribution in [3.8, 4) is 0 Å². The zero-order chi connectivity index (χ0) is 27.8. The van der Waals surface area contributed by atoms with Gasteiger partial charge in [0.2, 0.25) is 10.0 Å². The number of nitrogen functional groups attached to an aromatic ring is 1. The highest BCUT2D eigenvalue weighted by Gasteiger charge is 2.45. The summed E-state index contributed by atoms with van der Waals surface area (Å²) < 4.78 is 51.4. The number of benzene rings is 2. The van der Waals surface area contributed by atoms with Crippen LogP contribution in [0.15, 0.2) is 67.3 Å². The summed E-state index contributed by atoms with van der Waals surface area (Å²) in [5.74, 6) is -0.621. The zero-order valence-electron chi connectivity index (χ0n) is 21.9. The molecule has 39 heavy (non-hydrogen) atoms. The summed E-state index contributed by atoms with van der Waals surface area (Å²) in [6.07, 6.45) is 3.39. The number of aromatic nitrogens is 2. The summed E-state index contributed by atoms with van der Waals surface area (Å²) in [6.45, 7) is 6.14. The number of rotatable bonds is 6. The van der Waals surface area contributed by atoms with Crippen molar-refractivity contribution in [2.45, 2.75) is 55.9 Å². The first-order valence-corrected chi connectivity index (χ1v) is 14.6. The van der Waals surface area contributed by atoms with Crippen LogP contribution < -0.4 is 5.73 Å². The standard InChI is InChI=1S/C29H33FN4O4S/c1-3-24-11-12-26(21-7-5-4-6-8-21)39(36,37)33(24)19-22-9-10-23(18-25(22)30)29(13-15-38-16-14-29)28(35)34-20(2)17-27(31)32-34/h3-10,17-18,24,26H,1,11-16,19H2,2H3,(H2,31,32)/t24-,26+/m0/s1. The molecule has 2 saturated heterocycles. The van der Waals surface area contributed by atoms with E-state index in [4.69, 9.17) is 10.5 Å². The first-order chi connectivity index (χ1) is 18.7. The predicted molar refractivity (Wildman–Crippen MR) is 147 cm³/mol. The Morgan fingerprint density at radius 3 is 2.51 bits per heavy atom. The van der Waals surface area contributed by atoms with Gasteiger partial charge in [0.15, 0.2) is 0 Å². The molecule has 0 spiro atoms. The summed E-state index contributed by atoms with van der Waals surface area (Å²) in [7, 11) is -3.79. The fourth-order valence-electron chi connectivity index (χ4n) is 5.81. The van der Waals surface area contributed by atoms with Crippen molar-refractivity contribution < 1.29 is 22.3 Å². The van der Waals surface area contributed by atoms with Crippen molar-refractivity contribution in [2.24, 2.45) is 0 Å². The molecule has 1 aromatic heterocycles. The minimum absolute atomic E-state index is 0.132. The number of anilines is 1. The van der Waals surface area contributed by atoms with Crippen LogP contribution in [0.4, 0.5) is 10.2 Å². The molecule has 10 heteroatoms. The average Bonchev–Trinajstić information content (AvgIpc) is 3.28. The highest BCUT2D eigenvalue weighted by Crippen LogP contribution is 2.40. The Labute approximate surface area is 228 Å². The molecule has 3 heterocycles. The third-order valence-corrected chi connectivity index (χ3v) is 10.3. The summed E-state index contributed by atoms with van der Waals surface area (Å²) in [5.41, 5.74) is 6.84. The van der Waals surface area contributed by atoms with Crippen LogP contribution in [0.3, 0.4) is 0 Å². The average molecular weight is 553 g/mol. The molecule has 2 N–H and O–H groups in total. The molecule has 2 aliphatic heterocycles. The topological polar surface area (TPSA) is 108 Å². The molecule has 5 rings (SSSR count). The molecule has 3 aromatic rings. The molecule has 206 valence electrons. The number of nitrogens with zero attached hydrogens (tertiary/aromatic N) is 3. The number of halogens is 1. The third-order valence-electron chi connectivity index (χ3n) is 8.01. The van der Waals surface area contributed by atoms with Gasteiger partial charge in [-0.05, 0) is 49.8 Å². The maximum Gasteiger partial charge on any atom is 0.257 e. The van der Waals surface area contributed by atoms with Crippen LogP contribution >= 0.6 is 0 Å². The number of hydrogen-bond acceptors (Lipinski definition) is 6. The minimum Gasteiger partial charge on any atom is -0.382 e. The summed E-state index contributed by atoms with van der Waals surface area (Å²) in [4.78, 5) is 13.8. The van der Waals surface area contributed by atoms with Crippen molar-refractivity contribution >= 4 is 21.7 Å². The highest BCUT2D eigenvalue weighted by molar-refractivity contribution is 7.89. The number of nitrogens with two attached hydrogens (primary N) is 1. The predicted octanol–water partition coefficient (Wildman–Crippen LogP) is 4.52. The number of ether oxygens (including phenoxy) is 1. The van der Waals surface area contributed by atoms with Gasteiger partial charge in [-0.1, -0.05) is 48.5 Å². The molecule has 0 bridgehead atoms.